The van der Waals surface area contributed by atoms with Crippen molar-refractivity contribution in [2.24, 2.45) is 5.41 Å². The minimum Gasteiger partial charge on any atom is -0.0620 e. The van der Waals surface area contributed by atoms with E-state index in [4.69, 9.17) is 0 Å². The van der Waals surface area contributed by atoms with E-state index in [1.54, 1.807) is 5.56 Å². The summed E-state index contributed by atoms with van der Waals surface area (Å²) in [6, 6.07) is 8.88. The van der Waals surface area contributed by atoms with E-state index in [9.17, 15) is 0 Å². The molecule has 0 N–H and O–H groups in total. The summed E-state index contributed by atoms with van der Waals surface area (Å²) in [4.78, 5) is 0. The molecule has 0 heteroatoms. The Bertz CT molecular complexity index is 292. The van der Waals surface area contributed by atoms with E-state index in [0.717, 1.165) is 0 Å². The molecule has 1 saturated carbocycles. The summed E-state index contributed by atoms with van der Waals surface area (Å²) in [6.45, 7) is 0. The normalized spacial score (nSPS) is 23.7. The van der Waals surface area contributed by atoms with Crippen molar-refractivity contribution in [1.82, 2.24) is 0 Å². The fraction of sp³-hybridized carbons (Fsp3) is 0.462. The third-order valence-electron chi connectivity index (χ3n) is 3.66. The Morgan fingerprint density at radius 2 is 1.77 bits per heavy atom. The largest absolute Gasteiger partial charge is 0.0620 e. The van der Waals surface area contributed by atoms with Crippen molar-refractivity contribution in [3.05, 3.63) is 41.8 Å². The molecule has 0 heterocycles. The van der Waals surface area contributed by atoms with Crippen molar-refractivity contribution < 1.29 is 0 Å². The third kappa shape index (κ3) is 1.12. The van der Waals surface area contributed by atoms with E-state index in [1.165, 1.54) is 37.7 Å². The van der Waals surface area contributed by atoms with Crippen LogP contribution in [-0.2, 0) is 6.42 Å². The molecular formula is C13H15. The molecule has 1 aromatic carbocycles. The SMILES string of the molecule is [CH]1c2ccccc2CC12CCCC2. The summed E-state index contributed by atoms with van der Waals surface area (Å²) < 4.78 is 0. The average molecular weight is 171 g/mol. The maximum Gasteiger partial charge on any atom is -0.00250 e. The van der Waals surface area contributed by atoms with Crippen LogP contribution in [0.1, 0.15) is 36.8 Å². The summed E-state index contributed by atoms with van der Waals surface area (Å²) >= 11 is 0. The van der Waals surface area contributed by atoms with Crippen molar-refractivity contribution in [1.29, 1.82) is 0 Å². The van der Waals surface area contributed by atoms with Crippen molar-refractivity contribution in [3.63, 3.8) is 0 Å². The topological polar surface area (TPSA) is 0 Å². The zero-order valence-corrected chi connectivity index (χ0v) is 7.92. The van der Waals surface area contributed by atoms with Crippen molar-refractivity contribution in [2.45, 2.75) is 32.1 Å². The molecule has 2 aliphatic carbocycles. The zero-order valence-electron chi connectivity index (χ0n) is 7.92. The van der Waals surface area contributed by atoms with Crippen LogP contribution in [0.15, 0.2) is 24.3 Å². The molecule has 0 aromatic heterocycles. The van der Waals surface area contributed by atoms with Crippen LogP contribution < -0.4 is 0 Å². The Kier molecular flexibility index (Phi) is 1.52. The molecule has 0 amide bonds. The van der Waals surface area contributed by atoms with E-state index in [1.807, 2.05) is 0 Å². The molecule has 0 bridgehead atoms. The van der Waals surface area contributed by atoms with Gasteiger partial charge in [-0.25, -0.2) is 0 Å². The maximum atomic E-state index is 2.54. The average Bonchev–Trinajstić information content (AvgIpc) is 2.72. The van der Waals surface area contributed by atoms with E-state index < -0.39 is 0 Å². The zero-order chi connectivity index (χ0) is 8.73. The first-order valence-electron chi connectivity index (χ1n) is 5.32. The lowest BCUT2D eigenvalue weighted by Gasteiger charge is -2.20. The van der Waals surface area contributed by atoms with Gasteiger partial charge in [0.15, 0.2) is 0 Å². The van der Waals surface area contributed by atoms with Gasteiger partial charge in [-0.3, -0.25) is 0 Å². The molecule has 0 unspecified atom stereocenters. The highest BCUT2D eigenvalue weighted by Crippen LogP contribution is 2.49. The number of fused-ring (bicyclic) bond motifs is 1. The van der Waals surface area contributed by atoms with Crippen LogP contribution in [0.5, 0.6) is 0 Å². The van der Waals surface area contributed by atoms with Gasteiger partial charge in [0, 0.05) is 0 Å². The highest BCUT2D eigenvalue weighted by molar-refractivity contribution is 5.42. The fourth-order valence-corrected chi connectivity index (χ4v) is 3.00. The molecule has 13 heavy (non-hydrogen) atoms. The lowest BCUT2D eigenvalue weighted by Crippen LogP contribution is -2.13. The maximum absolute atomic E-state index is 2.54. The van der Waals surface area contributed by atoms with Gasteiger partial charge in [-0.15, -0.1) is 0 Å². The predicted octanol–water partition coefficient (Wildman–Crippen LogP) is 3.36. The molecule has 1 spiro atoms. The predicted molar refractivity (Wildman–Crippen MR) is 54.4 cm³/mol. The Hall–Kier alpha value is -0.780. The van der Waals surface area contributed by atoms with E-state index in [2.05, 4.69) is 30.7 Å². The van der Waals surface area contributed by atoms with Gasteiger partial charge in [0.1, 0.15) is 0 Å². The van der Waals surface area contributed by atoms with Crippen LogP contribution >= 0.6 is 0 Å². The minimum absolute atomic E-state index is 0.573. The highest BCUT2D eigenvalue weighted by Gasteiger charge is 2.39. The van der Waals surface area contributed by atoms with Crippen LogP contribution in [0.2, 0.25) is 0 Å². The first kappa shape index (κ1) is 7.61. The van der Waals surface area contributed by atoms with Gasteiger partial charge in [-0.05, 0) is 42.2 Å². The van der Waals surface area contributed by atoms with Crippen LogP contribution in [-0.4, -0.2) is 0 Å². The summed E-state index contributed by atoms with van der Waals surface area (Å²) in [5, 5.41) is 0. The van der Waals surface area contributed by atoms with E-state index in [0.29, 0.717) is 5.41 Å². The third-order valence-corrected chi connectivity index (χ3v) is 3.66. The van der Waals surface area contributed by atoms with Gasteiger partial charge in [-0.2, -0.15) is 0 Å². The number of benzene rings is 1. The van der Waals surface area contributed by atoms with Crippen molar-refractivity contribution in [2.75, 3.05) is 0 Å². The molecular weight excluding hydrogens is 156 g/mol. The van der Waals surface area contributed by atoms with Gasteiger partial charge in [-0.1, -0.05) is 37.1 Å². The molecule has 0 saturated heterocycles. The molecule has 1 aromatic rings. The van der Waals surface area contributed by atoms with Crippen LogP contribution in [0.4, 0.5) is 0 Å². The monoisotopic (exact) mass is 171 g/mol. The summed E-state index contributed by atoms with van der Waals surface area (Å²) in [7, 11) is 0. The first-order valence-corrected chi connectivity index (χ1v) is 5.32. The van der Waals surface area contributed by atoms with Gasteiger partial charge >= 0.3 is 0 Å². The molecule has 1 fully saturated rings. The van der Waals surface area contributed by atoms with Crippen molar-refractivity contribution in [3.8, 4) is 0 Å². The summed E-state index contributed by atoms with van der Waals surface area (Å²) in [6.07, 6.45) is 9.55. The Morgan fingerprint density at radius 3 is 2.54 bits per heavy atom. The molecule has 0 aliphatic heterocycles. The van der Waals surface area contributed by atoms with Gasteiger partial charge in [0.2, 0.25) is 0 Å². The lowest BCUT2D eigenvalue weighted by atomic mass is 9.83. The smallest absolute Gasteiger partial charge is 0.00250 e. The molecule has 0 atom stereocenters. The molecule has 0 nitrogen and oxygen atoms in total. The van der Waals surface area contributed by atoms with Crippen LogP contribution in [0.25, 0.3) is 0 Å². The molecule has 67 valence electrons. The van der Waals surface area contributed by atoms with E-state index >= 15 is 0 Å². The van der Waals surface area contributed by atoms with Gasteiger partial charge in [0.05, 0.1) is 0 Å². The second-order valence-corrected chi connectivity index (χ2v) is 4.59. The van der Waals surface area contributed by atoms with Gasteiger partial charge < -0.3 is 0 Å². The Labute approximate surface area is 80.0 Å². The second kappa shape index (κ2) is 2.60. The highest BCUT2D eigenvalue weighted by atomic mass is 14.4. The number of hydrogen-bond acceptors (Lipinski definition) is 0. The second-order valence-electron chi connectivity index (χ2n) is 4.59. The van der Waals surface area contributed by atoms with Gasteiger partial charge in [0.25, 0.3) is 0 Å². The molecule has 2 aliphatic rings. The Morgan fingerprint density at radius 1 is 1.00 bits per heavy atom. The van der Waals surface area contributed by atoms with E-state index in [-0.39, 0.29) is 0 Å². The number of rotatable bonds is 0. The lowest BCUT2D eigenvalue weighted by molar-refractivity contribution is 0.386. The molecule has 1 radical (unpaired) electrons. The number of hydrogen-bond donors (Lipinski definition) is 0. The minimum atomic E-state index is 0.573. The first-order chi connectivity index (χ1) is 6.38. The summed E-state index contributed by atoms with van der Waals surface area (Å²) in [5.74, 6) is 0. The Balaban J connectivity index is 1.96. The summed E-state index contributed by atoms with van der Waals surface area (Å²) in [5.41, 5.74) is 3.65. The van der Waals surface area contributed by atoms with Crippen molar-refractivity contribution >= 4 is 0 Å². The van der Waals surface area contributed by atoms with Crippen LogP contribution in [0.3, 0.4) is 0 Å². The molecule has 3 rings (SSSR count). The standard InChI is InChI=1S/C13H15/c1-2-6-12-10-13(7-3-4-8-13)9-11(12)5-1/h1-2,5-6,9H,3-4,7-8,10H2. The van der Waals surface area contributed by atoms with Crippen LogP contribution in [0, 0.1) is 11.8 Å². The quantitative estimate of drug-likeness (QED) is 0.561. The fourth-order valence-electron chi connectivity index (χ4n) is 3.00.